The second-order valence-corrected chi connectivity index (χ2v) is 4.74. The van der Waals surface area contributed by atoms with Crippen LogP contribution in [0.3, 0.4) is 0 Å². The molecule has 1 heterocycles. The Morgan fingerprint density at radius 1 is 1.65 bits per heavy atom. The molecule has 1 aliphatic rings. The summed E-state index contributed by atoms with van der Waals surface area (Å²) < 4.78 is 5.68. The van der Waals surface area contributed by atoms with Crippen LogP contribution < -0.4 is 10.5 Å². The fourth-order valence-electron chi connectivity index (χ4n) is 1.70. The number of hydrogen-bond acceptors (Lipinski definition) is 4. The third kappa shape index (κ3) is 3.38. The summed E-state index contributed by atoms with van der Waals surface area (Å²) in [6, 6.07) is 2.53. The van der Waals surface area contributed by atoms with E-state index in [1.165, 1.54) is 12.8 Å². The molecule has 0 aromatic carbocycles. The zero-order valence-electron chi connectivity index (χ0n) is 9.93. The molecule has 0 unspecified atom stereocenters. The van der Waals surface area contributed by atoms with Gasteiger partial charge in [-0.1, -0.05) is 12.2 Å². The molecule has 0 bridgehead atoms. The van der Waals surface area contributed by atoms with Crippen molar-refractivity contribution in [3.63, 3.8) is 0 Å². The second-order valence-electron chi connectivity index (χ2n) is 4.30. The van der Waals surface area contributed by atoms with Crippen LogP contribution in [0.2, 0.25) is 0 Å². The molecule has 0 saturated heterocycles. The summed E-state index contributed by atoms with van der Waals surface area (Å²) in [4.78, 5) is 6.68. The van der Waals surface area contributed by atoms with Crippen molar-refractivity contribution in [3.05, 3.63) is 24.0 Å². The molecule has 4 nitrogen and oxygen atoms in total. The van der Waals surface area contributed by atoms with Crippen LogP contribution in [-0.4, -0.2) is 41.1 Å². The van der Waals surface area contributed by atoms with Crippen LogP contribution >= 0.6 is 12.2 Å². The average Bonchev–Trinajstić information content (AvgIpc) is 3.13. The Morgan fingerprint density at radius 3 is 3.06 bits per heavy atom. The number of aromatic nitrogens is 1. The molecule has 92 valence electrons. The minimum atomic E-state index is 0.345. The molecule has 0 radical (unpaired) electrons. The van der Waals surface area contributed by atoms with Gasteiger partial charge in [-0.2, -0.15) is 0 Å². The van der Waals surface area contributed by atoms with Crippen molar-refractivity contribution < 1.29 is 4.74 Å². The van der Waals surface area contributed by atoms with Gasteiger partial charge in [0.2, 0.25) is 0 Å². The first-order chi connectivity index (χ1) is 8.18. The minimum absolute atomic E-state index is 0.345. The zero-order valence-corrected chi connectivity index (χ0v) is 10.7. The van der Waals surface area contributed by atoms with E-state index in [0.717, 1.165) is 18.2 Å². The van der Waals surface area contributed by atoms with Crippen LogP contribution in [-0.2, 0) is 0 Å². The number of thiocarbonyl (C=S) groups is 1. The van der Waals surface area contributed by atoms with Gasteiger partial charge in [-0.05, 0) is 26.0 Å². The van der Waals surface area contributed by atoms with Crippen LogP contribution in [0.1, 0.15) is 18.4 Å². The summed E-state index contributed by atoms with van der Waals surface area (Å²) in [5.41, 5.74) is 6.37. The lowest BCUT2D eigenvalue weighted by Crippen LogP contribution is -2.26. The molecule has 1 aliphatic carbocycles. The standard InChI is InChI=1S/C12H17N3OS/c1-15(9-2-3-9)6-7-16-11-8-14-5-4-10(11)12(13)17/h4-5,8-9H,2-3,6-7H2,1H3,(H2,13,17). The van der Waals surface area contributed by atoms with Crippen LogP contribution in [0.25, 0.3) is 0 Å². The summed E-state index contributed by atoms with van der Waals surface area (Å²) in [7, 11) is 2.12. The molecule has 0 amide bonds. The van der Waals surface area contributed by atoms with Gasteiger partial charge in [-0.15, -0.1) is 0 Å². The highest BCUT2D eigenvalue weighted by atomic mass is 32.1. The smallest absolute Gasteiger partial charge is 0.147 e. The molecule has 0 spiro atoms. The summed E-state index contributed by atoms with van der Waals surface area (Å²) in [5, 5.41) is 0. The fraction of sp³-hybridized carbons (Fsp3) is 0.500. The van der Waals surface area contributed by atoms with E-state index in [1.54, 1.807) is 18.5 Å². The molecule has 1 aromatic rings. The van der Waals surface area contributed by atoms with Gasteiger partial charge in [-0.3, -0.25) is 4.98 Å². The van der Waals surface area contributed by atoms with Crippen molar-refractivity contribution in [1.29, 1.82) is 0 Å². The molecular formula is C12H17N3OS. The van der Waals surface area contributed by atoms with Crippen molar-refractivity contribution in [3.8, 4) is 5.75 Å². The predicted octanol–water partition coefficient (Wildman–Crippen LogP) is 1.19. The summed E-state index contributed by atoms with van der Waals surface area (Å²) >= 11 is 4.96. The van der Waals surface area contributed by atoms with E-state index in [1.807, 2.05) is 0 Å². The van der Waals surface area contributed by atoms with E-state index >= 15 is 0 Å². The highest BCUT2D eigenvalue weighted by Crippen LogP contribution is 2.25. The molecule has 0 atom stereocenters. The maximum absolute atomic E-state index is 5.68. The maximum Gasteiger partial charge on any atom is 0.147 e. The van der Waals surface area contributed by atoms with Crippen molar-refractivity contribution in [2.45, 2.75) is 18.9 Å². The Bertz CT molecular complexity index is 406. The average molecular weight is 251 g/mol. The first kappa shape index (κ1) is 12.3. The first-order valence-corrected chi connectivity index (χ1v) is 6.16. The zero-order chi connectivity index (χ0) is 12.3. The largest absolute Gasteiger partial charge is 0.490 e. The Hall–Kier alpha value is -1.20. The van der Waals surface area contributed by atoms with Crippen LogP contribution in [0, 0.1) is 0 Å². The van der Waals surface area contributed by atoms with Gasteiger partial charge >= 0.3 is 0 Å². The summed E-state index contributed by atoms with van der Waals surface area (Å²) in [6.07, 6.45) is 5.94. The molecule has 1 aromatic heterocycles. The topological polar surface area (TPSA) is 51.4 Å². The summed E-state index contributed by atoms with van der Waals surface area (Å²) in [6.45, 7) is 1.55. The normalized spacial score (nSPS) is 14.9. The quantitative estimate of drug-likeness (QED) is 0.770. The lowest BCUT2D eigenvalue weighted by Gasteiger charge is -2.16. The highest BCUT2D eigenvalue weighted by Gasteiger charge is 2.25. The molecule has 2 rings (SSSR count). The molecule has 1 fully saturated rings. The maximum atomic E-state index is 5.68. The lowest BCUT2D eigenvalue weighted by atomic mass is 10.2. The Morgan fingerprint density at radius 2 is 2.41 bits per heavy atom. The number of likely N-dealkylation sites (N-methyl/N-ethyl adjacent to an activating group) is 1. The van der Waals surface area contributed by atoms with Gasteiger partial charge in [0.1, 0.15) is 17.3 Å². The van der Waals surface area contributed by atoms with E-state index in [0.29, 0.717) is 17.3 Å². The first-order valence-electron chi connectivity index (χ1n) is 5.75. The van der Waals surface area contributed by atoms with Crippen molar-refractivity contribution >= 4 is 17.2 Å². The third-order valence-corrected chi connectivity index (χ3v) is 3.14. The van der Waals surface area contributed by atoms with Crippen LogP contribution in [0.5, 0.6) is 5.75 Å². The number of nitrogens with zero attached hydrogens (tertiary/aromatic N) is 2. The molecule has 5 heteroatoms. The van der Waals surface area contributed by atoms with Gasteiger partial charge in [0, 0.05) is 18.8 Å². The van der Waals surface area contributed by atoms with Crippen molar-refractivity contribution in [1.82, 2.24) is 9.88 Å². The van der Waals surface area contributed by atoms with Gasteiger partial charge < -0.3 is 15.4 Å². The van der Waals surface area contributed by atoms with E-state index in [9.17, 15) is 0 Å². The molecule has 2 N–H and O–H groups in total. The predicted molar refractivity (Wildman–Crippen MR) is 71.3 cm³/mol. The van der Waals surface area contributed by atoms with Gasteiger partial charge in [0.05, 0.1) is 11.8 Å². The van der Waals surface area contributed by atoms with Crippen molar-refractivity contribution in [2.24, 2.45) is 5.73 Å². The van der Waals surface area contributed by atoms with E-state index in [2.05, 4.69) is 16.9 Å². The Kier molecular flexibility index (Phi) is 3.91. The monoisotopic (exact) mass is 251 g/mol. The van der Waals surface area contributed by atoms with E-state index < -0.39 is 0 Å². The molecule has 17 heavy (non-hydrogen) atoms. The Labute approximate surface area is 107 Å². The lowest BCUT2D eigenvalue weighted by molar-refractivity contribution is 0.231. The van der Waals surface area contributed by atoms with Crippen LogP contribution in [0.4, 0.5) is 0 Å². The molecule has 0 aliphatic heterocycles. The third-order valence-electron chi connectivity index (χ3n) is 2.92. The number of ether oxygens (including phenoxy) is 1. The number of hydrogen-bond donors (Lipinski definition) is 1. The van der Waals surface area contributed by atoms with E-state index in [4.69, 9.17) is 22.7 Å². The van der Waals surface area contributed by atoms with Gasteiger partial charge in [0.15, 0.2) is 0 Å². The van der Waals surface area contributed by atoms with E-state index in [-0.39, 0.29) is 0 Å². The Balaban J connectivity index is 1.87. The number of pyridine rings is 1. The van der Waals surface area contributed by atoms with Gasteiger partial charge in [0.25, 0.3) is 0 Å². The fourth-order valence-corrected chi connectivity index (χ4v) is 1.86. The number of nitrogens with two attached hydrogens (primary N) is 1. The summed E-state index contributed by atoms with van der Waals surface area (Å²) in [5.74, 6) is 0.671. The second kappa shape index (κ2) is 5.42. The number of rotatable bonds is 6. The molecule has 1 saturated carbocycles. The molecular weight excluding hydrogens is 234 g/mol. The van der Waals surface area contributed by atoms with Crippen molar-refractivity contribution in [2.75, 3.05) is 20.2 Å². The SMILES string of the molecule is CN(CCOc1cnccc1C(N)=S)C1CC1. The van der Waals surface area contributed by atoms with Crippen LogP contribution in [0.15, 0.2) is 18.5 Å². The van der Waals surface area contributed by atoms with Gasteiger partial charge in [-0.25, -0.2) is 0 Å². The highest BCUT2D eigenvalue weighted by molar-refractivity contribution is 7.80. The minimum Gasteiger partial charge on any atom is -0.490 e.